The zero-order chi connectivity index (χ0) is 23.8. The van der Waals surface area contributed by atoms with E-state index in [1.807, 2.05) is 30.3 Å². The monoisotopic (exact) mass is 450 g/mol. The lowest BCUT2D eigenvalue weighted by Crippen LogP contribution is -2.23. The number of anilines is 2. The van der Waals surface area contributed by atoms with Gasteiger partial charge in [-0.1, -0.05) is 66.7 Å². The Kier molecular flexibility index (Phi) is 7.30. The van der Waals surface area contributed by atoms with Crippen LogP contribution < -0.4 is 16.4 Å². The van der Waals surface area contributed by atoms with Gasteiger partial charge in [-0.25, -0.2) is 0 Å². The van der Waals surface area contributed by atoms with Crippen LogP contribution in [0.3, 0.4) is 0 Å². The van der Waals surface area contributed by atoms with Gasteiger partial charge in [0.05, 0.1) is 17.6 Å². The van der Waals surface area contributed by atoms with Gasteiger partial charge in [0.25, 0.3) is 5.91 Å². The van der Waals surface area contributed by atoms with E-state index in [9.17, 15) is 9.59 Å². The van der Waals surface area contributed by atoms with Gasteiger partial charge in [0, 0.05) is 24.7 Å². The van der Waals surface area contributed by atoms with Gasteiger partial charge in [-0.15, -0.1) is 0 Å². The van der Waals surface area contributed by atoms with E-state index in [2.05, 4.69) is 52.0 Å². The van der Waals surface area contributed by atoms with Gasteiger partial charge >= 0.3 is 0 Å². The van der Waals surface area contributed by atoms with Crippen molar-refractivity contribution in [1.82, 2.24) is 10.3 Å². The molecule has 6 nitrogen and oxygen atoms in total. The number of nitrogen functional groups attached to an aromatic ring is 1. The molecule has 6 heteroatoms. The SMILES string of the molecule is Nc1cnccc1NC(=O)c1ccc(CNC(=O)CCc2ccc(-c3ccccc3)cc2)cc1. The molecular formula is C28H26N4O2. The Morgan fingerprint density at radius 1 is 0.794 bits per heavy atom. The van der Waals surface area contributed by atoms with Crippen LogP contribution in [0.25, 0.3) is 11.1 Å². The molecule has 1 heterocycles. The van der Waals surface area contributed by atoms with Crippen LogP contribution in [0, 0.1) is 0 Å². The number of hydrogen-bond acceptors (Lipinski definition) is 4. The molecule has 0 saturated carbocycles. The van der Waals surface area contributed by atoms with Crippen LogP contribution in [-0.2, 0) is 17.8 Å². The zero-order valence-corrected chi connectivity index (χ0v) is 18.7. The minimum absolute atomic E-state index is 0.0119. The minimum atomic E-state index is -0.258. The third-order valence-electron chi connectivity index (χ3n) is 5.51. The molecule has 4 rings (SSSR count). The van der Waals surface area contributed by atoms with Gasteiger partial charge in [-0.3, -0.25) is 14.6 Å². The molecule has 0 saturated heterocycles. The van der Waals surface area contributed by atoms with Crippen LogP contribution >= 0.6 is 0 Å². The number of aryl methyl sites for hydroxylation is 1. The lowest BCUT2D eigenvalue weighted by atomic mass is 10.0. The number of carbonyl (C=O) groups excluding carboxylic acids is 2. The molecule has 2 amide bonds. The summed E-state index contributed by atoms with van der Waals surface area (Å²) in [5.41, 5.74) is 11.6. The van der Waals surface area contributed by atoms with E-state index in [0.717, 1.165) is 16.7 Å². The van der Waals surface area contributed by atoms with Gasteiger partial charge in [0.2, 0.25) is 5.91 Å². The van der Waals surface area contributed by atoms with E-state index in [-0.39, 0.29) is 11.8 Å². The first-order chi connectivity index (χ1) is 16.6. The van der Waals surface area contributed by atoms with Crippen LogP contribution in [-0.4, -0.2) is 16.8 Å². The lowest BCUT2D eigenvalue weighted by molar-refractivity contribution is -0.121. The average Bonchev–Trinajstić information content (AvgIpc) is 2.88. The molecule has 4 N–H and O–H groups in total. The number of carbonyl (C=O) groups is 2. The van der Waals surface area contributed by atoms with Crippen LogP contribution in [0.1, 0.15) is 27.9 Å². The summed E-state index contributed by atoms with van der Waals surface area (Å²) in [5, 5.41) is 5.71. The molecular weight excluding hydrogens is 424 g/mol. The second-order valence-corrected chi connectivity index (χ2v) is 7.95. The van der Waals surface area contributed by atoms with Crippen molar-refractivity contribution in [3.63, 3.8) is 0 Å². The number of rotatable bonds is 8. The summed E-state index contributed by atoms with van der Waals surface area (Å²) in [4.78, 5) is 28.6. The maximum atomic E-state index is 12.4. The topological polar surface area (TPSA) is 97.1 Å². The maximum absolute atomic E-state index is 12.4. The van der Waals surface area contributed by atoms with Crippen molar-refractivity contribution in [2.24, 2.45) is 0 Å². The van der Waals surface area contributed by atoms with Crippen LogP contribution in [0.4, 0.5) is 11.4 Å². The summed E-state index contributed by atoms with van der Waals surface area (Å²) in [6, 6.07) is 27.3. The van der Waals surface area contributed by atoms with Crippen molar-refractivity contribution in [2.45, 2.75) is 19.4 Å². The standard InChI is InChI=1S/C28H26N4O2/c29-25-19-30-17-16-26(25)32-28(34)24-13-8-21(9-14-24)18-31-27(33)15-10-20-6-11-23(12-7-20)22-4-2-1-3-5-22/h1-9,11-14,16-17,19H,10,15,18,29H2,(H,31,33)(H,30,32,34). The number of hydrogen-bond donors (Lipinski definition) is 3. The molecule has 0 bridgehead atoms. The van der Waals surface area contributed by atoms with E-state index in [4.69, 9.17) is 5.73 Å². The molecule has 0 unspecified atom stereocenters. The first kappa shape index (κ1) is 22.7. The average molecular weight is 451 g/mol. The smallest absolute Gasteiger partial charge is 0.255 e. The van der Waals surface area contributed by atoms with E-state index >= 15 is 0 Å². The van der Waals surface area contributed by atoms with E-state index in [0.29, 0.717) is 36.3 Å². The first-order valence-electron chi connectivity index (χ1n) is 11.1. The number of nitrogens with two attached hydrogens (primary N) is 1. The molecule has 34 heavy (non-hydrogen) atoms. The normalized spacial score (nSPS) is 10.5. The maximum Gasteiger partial charge on any atom is 0.255 e. The Labute approximate surface area is 198 Å². The molecule has 0 radical (unpaired) electrons. The van der Waals surface area contributed by atoms with Gasteiger partial charge in [-0.2, -0.15) is 0 Å². The summed E-state index contributed by atoms with van der Waals surface area (Å²) in [6.45, 7) is 0.408. The van der Waals surface area contributed by atoms with E-state index < -0.39 is 0 Å². The van der Waals surface area contributed by atoms with Gasteiger partial charge in [0.1, 0.15) is 0 Å². The van der Waals surface area contributed by atoms with Crippen molar-refractivity contribution in [3.8, 4) is 11.1 Å². The number of benzene rings is 3. The van der Waals surface area contributed by atoms with Crippen molar-refractivity contribution in [2.75, 3.05) is 11.1 Å². The third-order valence-corrected chi connectivity index (χ3v) is 5.51. The molecule has 0 spiro atoms. The first-order valence-corrected chi connectivity index (χ1v) is 11.1. The predicted molar refractivity (Wildman–Crippen MR) is 135 cm³/mol. The second-order valence-electron chi connectivity index (χ2n) is 7.95. The summed E-state index contributed by atoms with van der Waals surface area (Å²) >= 11 is 0. The molecule has 0 fully saturated rings. The Balaban J connectivity index is 1.23. The molecule has 0 aliphatic heterocycles. The molecule has 3 aromatic carbocycles. The number of amides is 2. The van der Waals surface area contributed by atoms with E-state index in [1.54, 1.807) is 24.4 Å². The second kappa shape index (κ2) is 10.9. The number of nitrogens with one attached hydrogen (secondary N) is 2. The molecule has 0 aliphatic rings. The fourth-order valence-corrected chi connectivity index (χ4v) is 3.53. The van der Waals surface area contributed by atoms with Crippen molar-refractivity contribution in [3.05, 3.63) is 114 Å². The van der Waals surface area contributed by atoms with Crippen molar-refractivity contribution in [1.29, 1.82) is 0 Å². The van der Waals surface area contributed by atoms with Crippen LogP contribution in [0.15, 0.2) is 97.3 Å². The molecule has 0 atom stereocenters. The van der Waals surface area contributed by atoms with Crippen molar-refractivity contribution < 1.29 is 9.59 Å². The summed E-state index contributed by atoms with van der Waals surface area (Å²) in [5.74, 6) is -0.270. The zero-order valence-electron chi connectivity index (χ0n) is 18.7. The number of aromatic nitrogens is 1. The van der Waals surface area contributed by atoms with Gasteiger partial charge in [0.15, 0.2) is 0 Å². The van der Waals surface area contributed by atoms with Crippen molar-refractivity contribution >= 4 is 23.2 Å². The Bertz CT molecular complexity index is 1250. The molecule has 170 valence electrons. The predicted octanol–water partition coefficient (Wildman–Crippen LogP) is 4.83. The van der Waals surface area contributed by atoms with Gasteiger partial charge < -0.3 is 16.4 Å². The molecule has 0 aliphatic carbocycles. The highest BCUT2D eigenvalue weighted by Gasteiger charge is 2.09. The van der Waals surface area contributed by atoms with E-state index in [1.165, 1.54) is 11.8 Å². The Hall–Kier alpha value is -4.45. The van der Waals surface area contributed by atoms with Crippen LogP contribution in [0.5, 0.6) is 0 Å². The summed E-state index contributed by atoms with van der Waals surface area (Å²) in [7, 11) is 0. The summed E-state index contributed by atoms with van der Waals surface area (Å²) < 4.78 is 0. The Morgan fingerprint density at radius 3 is 2.18 bits per heavy atom. The minimum Gasteiger partial charge on any atom is -0.396 e. The highest BCUT2D eigenvalue weighted by atomic mass is 16.2. The highest BCUT2D eigenvalue weighted by molar-refractivity contribution is 6.05. The Morgan fingerprint density at radius 2 is 1.47 bits per heavy atom. The lowest BCUT2D eigenvalue weighted by Gasteiger charge is -2.09. The molecule has 1 aromatic heterocycles. The third kappa shape index (κ3) is 6.07. The number of pyridine rings is 1. The fourth-order valence-electron chi connectivity index (χ4n) is 3.53. The highest BCUT2D eigenvalue weighted by Crippen LogP contribution is 2.20. The number of nitrogens with zero attached hydrogens (tertiary/aromatic N) is 1. The summed E-state index contributed by atoms with van der Waals surface area (Å²) in [6.07, 6.45) is 4.15. The van der Waals surface area contributed by atoms with Crippen LogP contribution in [0.2, 0.25) is 0 Å². The molecule has 4 aromatic rings. The van der Waals surface area contributed by atoms with Gasteiger partial charge in [-0.05, 0) is 46.9 Å². The quantitative estimate of drug-likeness (QED) is 0.358. The fraction of sp³-hybridized carbons (Fsp3) is 0.107. The largest absolute Gasteiger partial charge is 0.396 e.